The van der Waals surface area contributed by atoms with Gasteiger partial charge < -0.3 is 15.1 Å². The summed E-state index contributed by atoms with van der Waals surface area (Å²) in [4.78, 5) is 21.6. The van der Waals surface area contributed by atoms with E-state index in [0.717, 1.165) is 35.2 Å². The second kappa shape index (κ2) is 7.71. The van der Waals surface area contributed by atoms with E-state index in [-0.39, 0.29) is 5.91 Å². The molecule has 7 nitrogen and oxygen atoms in total. The van der Waals surface area contributed by atoms with Crippen molar-refractivity contribution < 1.29 is 4.79 Å². The first kappa shape index (κ1) is 17.4. The smallest absolute Gasteiger partial charge is 0.264 e. The lowest BCUT2D eigenvalue weighted by molar-refractivity contribution is 0.0751. The minimum absolute atomic E-state index is 0.112. The van der Waals surface area contributed by atoms with Crippen LogP contribution in [0.1, 0.15) is 15.2 Å². The van der Waals surface area contributed by atoms with Gasteiger partial charge in [0, 0.05) is 32.4 Å². The van der Waals surface area contributed by atoms with Crippen LogP contribution < -0.4 is 10.2 Å². The standard InChI is InChI=1S/C19H20N6OS/c1-14-4-5-16(20-13-14)21-17-6-7-18(23-22-17)24-8-10-25(11-9-24)19(26)15-3-2-12-27-15/h2-7,12-13H,8-11H2,1H3,(H,20,21,22). The molecule has 3 aromatic rings. The highest BCUT2D eigenvalue weighted by Crippen LogP contribution is 2.18. The highest BCUT2D eigenvalue weighted by Gasteiger charge is 2.23. The van der Waals surface area contributed by atoms with Crippen molar-refractivity contribution in [3.8, 4) is 0 Å². The number of aromatic nitrogens is 3. The van der Waals surface area contributed by atoms with Crippen LogP contribution in [0, 0.1) is 6.92 Å². The molecule has 1 amide bonds. The van der Waals surface area contributed by atoms with E-state index in [9.17, 15) is 4.79 Å². The van der Waals surface area contributed by atoms with Crippen LogP contribution in [-0.4, -0.2) is 52.2 Å². The average Bonchev–Trinajstić information content (AvgIpc) is 3.25. The van der Waals surface area contributed by atoms with Gasteiger partial charge in [-0.2, -0.15) is 0 Å². The van der Waals surface area contributed by atoms with E-state index in [1.54, 1.807) is 6.20 Å². The maximum Gasteiger partial charge on any atom is 0.264 e. The number of carbonyl (C=O) groups excluding carboxylic acids is 1. The van der Waals surface area contributed by atoms with Crippen LogP contribution in [-0.2, 0) is 0 Å². The summed E-state index contributed by atoms with van der Waals surface area (Å²) in [5, 5.41) is 13.6. The molecule has 0 radical (unpaired) electrons. The number of thiophene rings is 1. The van der Waals surface area contributed by atoms with E-state index in [1.165, 1.54) is 11.3 Å². The van der Waals surface area contributed by atoms with E-state index in [1.807, 2.05) is 53.6 Å². The van der Waals surface area contributed by atoms with Gasteiger partial charge in [-0.05, 0) is 42.1 Å². The van der Waals surface area contributed by atoms with Crippen LogP contribution in [0.3, 0.4) is 0 Å². The lowest BCUT2D eigenvalue weighted by atomic mass is 10.3. The van der Waals surface area contributed by atoms with E-state index in [0.29, 0.717) is 18.9 Å². The second-order valence-electron chi connectivity index (χ2n) is 6.38. The van der Waals surface area contributed by atoms with Crippen LogP contribution in [0.25, 0.3) is 0 Å². The van der Waals surface area contributed by atoms with Crippen LogP contribution in [0.15, 0.2) is 48.0 Å². The summed E-state index contributed by atoms with van der Waals surface area (Å²) >= 11 is 1.49. The maximum absolute atomic E-state index is 12.4. The average molecular weight is 380 g/mol. The Hall–Kier alpha value is -3.00. The number of amides is 1. The number of carbonyl (C=O) groups is 1. The van der Waals surface area contributed by atoms with Gasteiger partial charge in [0.05, 0.1) is 4.88 Å². The Morgan fingerprint density at radius 3 is 2.48 bits per heavy atom. The number of pyridine rings is 1. The van der Waals surface area contributed by atoms with Crippen molar-refractivity contribution in [3.05, 3.63) is 58.4 Å². The van der Waals surface area contributed by atoms with Crippen molar-refractivity contribution in [1.29, 1.82) is 0 Å². The zero-order valence-electron chi connectivity index (χ0n) is 15.0. The SMILES string of the molecule is Cc1ccc(Nc2ccc(N3CCN(C(=O)c4cccs4)CC3)nn2)nc1. The Labute approximate surface area is 161 Å². The largest absolute Gasteiger partial charge is 0.352 e. The highest BCUT2D eigenvalue weighted by atomic mass is 32.1. The van der Waals surface area contributed by atoms with Crippen LogP contribution in [0.4, 0.5) is 17.5 Å². The Bertz CT molecular complexity index is 887. The van der Waals surface area contributed by atoms with Gasteiger partial charge in [-0.3, -0.25) is 4.79 Å². The van der Waals surface area contributed by atoms with Crippen molar-refractivity contribution in [1.82, 2.24) is 20.1 Å². The van der Waals surface area contributed by atoms with E-state index in [4.69, 9.17) is 0 Å². The number of anilines is 3. The molecule has 8 heteroatoms. The van der Waals surface area contributed by atoms with Crippen molar-refractivity contribution in [2.24, 2.45) is 0 Å². The molecule has 1 saturated heterocycles. The molecule has 1 aliphatic rings. The molecule has 27 heavy (non-hydrogen) atoms. The number of nitrogens with one attached hydrogen (secondary N) is 1. The quantitative estimate of drug-likeness (QED) is 0.750. The molecule has 0 aromatic carbocycles. The van der Waals surface area contributed by atoms with Crippen molar-refractivity contribution >= 4 is 34.7 Å². The molecule has 0 unspecified atom stereocenters. The predicted octanol–water partition coefficient (Wildman–Crippen LogP) is 2.95. The minimum Gasteiger partial charge on any atom is -0.352 e. The molecule has 0 spiro atoms. The first-order valence-corrected chi connectivity index (χ1v) is 9.68. The van der Waals surface area contributed by atoms with Crippen molar-refractivity contribution in [2.45, 2.75) is 6.92 Å². The van der Waals surface area contributed by atoms with Crippen molar-refractivity contribution in [3.63, 3.8) is 0 Å². The summed E-state index contributed by atoms with van der Waals surface area (Å²) in [6, 6.07) is 11.5. The number of hydrogen-bond acceptors (Lipinski definition) is 7. The van der Waals surface area contributed by atoms with Crippen LogP contribution in [0.2, 0.25) is 0 Å². The third-order valence-electron chi connectivity index (χ3n) is 4.44. The first-order chi connectivity index (χ1) is 13.2. The van der Waals surface area contributed by atoms with E-state index in [2.05, 4.69) is 25.4 Å². The van der Waals surface area contributed by atoms with Gasteiger partial charge >= 0.3 is 0 Å². The molecular weight excluding hydrogens is 360 g/mol. The Morgan fingerprint density at radius 2 is 1.85 bits per heavy atom. The Kier molecular flexibility index (Phi) is 4.97. The summed E-state index contributed by atoms with van der Waals surface area (Å²) in [6.45, 7) is 4.87. The zero-order valence-corrected chi connectivity index (χ0v) is 15.8. The summed E-state index contributed by atoms with van der Waals surface area (Å²) in [5.41, 5.74) is 1.11. The number of nitrogens with zero attached hydrogens (tertiary/aromatic N) is 5. The Morgan fingerprint density at radius 1 is 1.04 bits per heavy atom. The molecule has 1 N–H and O–H groups in total. The van der Waals surface area contributed by atoms with Crippen LogP contribution in [0.5, 0.6) is 0 Å². The normalized spacial score (nSPS) is 14.3. The fraction of sp³-hybridized carbons (Fsp3) is 0.263. The fourth-order valence-corrected chi connectivity index (χ4v) is 3.62. The number of aryl methyl sites for hydroxylation is 1. The molecule has 0 aliphatic carbocycles. The van der Waals surface area contributed by atoms with Gasteiger partial charge in [-0.25, -0.2) is 4.98 Å². The van der Waals surface area contributed by atoms with E-state index < -0.39 is 0 Å². The molecule has 0 bridgehead atoms. The molecule has 3 aromatic heterocycles. The van der Waals surface area contributed by atoms with Crippen molar-refractivity contribution in [2.75, 3.05) is 36.4 Å². The first-order valence-electron chi connectivity index (χ1n) is 8.80. The second-order valence-corrected chi connectivity index (χ2v) is 7.33. The molecule has 1 aliphatic heterocycles. The minimum atomic E-state index is 0.112. The molecule has 4 heterocycles. The summed E-state index contributed by atoms with van der Waals surface area (Å²) in [7, 11) is 0. The maximum atomic E-state index is 12.4. The molecule has 138 valence electrons. The zero-order chi connectivity index (χ0) is 18.6. The van der Waals surface area contributed by atoms with Crippen LogP contribution >= 0.6 is 11.3 Å². The number of rotatable bonds is 4. The number of piperazine rings is 1. The third-order valence-corrected chi connectivity index (χ3v) is 5.30. The molecular formula is C19H20N6OS. The highest BCUT2D eigenvalue weighted by molar-refractivity contribution is 7.12. The predicted molar refractivity (Wildman–Crippen MR) is 107 cm³/mol. The van der Waals surface area contributed by atoms with E-state index >= 15 is 0 Å². The third kappa shape index (κ3) is 4.06. The van der Waals surface area contributed by atoms with Gasteiger partial charge in [-0.15, -0.1) is 21.5 Å². The monoisotopic (exact) mass is 380 g/mol. The summed E-state index contributed by atoms with van der Waals surface area (Å²) in [6.07, 6.45) is 1.81. The summed E-state index contributed by atoms with van der Waals surface area (Å²) in [5.74, 6) is 2.33. The topological polar surface area (TPSA) is 74.2 Å². The molecule has 4 rings (SSSR count). The van der Waals surface area contributed by atoms with Gasteiger partial charge in [0.15, 0.2) is 11.6 Å². The van der Waals surface area contributed by atoms with Gasteiger partial charge in [0.25, 0.3) is 5.91 Å². The van der Waals surface area contributed by atoms with Gasteiger partial charge in [-0.1, -0.05) is 12.1 Å². The summed E-state index contributed by atoms with van der Waals surface area (Å²) < 4.78 is 0. The lowest BCUT2D eigenvalue weighted by Crippen LogP contribution is -2.48. The molecule has 1 fully saturated rings. The Balaban J connectivity index is 1.34. The molecule has 0 saturated carbocycles. The molecule has 0 atom stereocenters. The fourth-order valence-electron chi connectivity index (χ4n) is 2.93. The number of hydrogen-bond donors (Lipinski definition) is 1. The van der Waals surface area contributed by atoms with Gasteiger partial charge in [0.2, 0.25) is 0 Å². The van der Waals surface area contributed by atoms with Gasteiger partial charge in [0.1, 0.15) is 5.82 Å². The lowest BCUT2D eigenvalue weighted by Gasteiger charge is -2.35.